The minimum Gasteiger partial charge on any atom is -0.286 e. The molecule has 0 spiro atoms. The fraction of sp³-hybridized carbons (Fsp3) is 0.182. The number of aliphatic imine (C=N–C) groups is 1. The standard InChI is InChI=1S/C11H11F2NS/c1-8(14-2)15-7-6-9-4-3-5-10(12)11(9)13/h3-7H,1-2H3/b7-6+,14-8?. The van der Waals surface area contributed by atoms with Crippen LogP contribution in [-0.4, -0.2) is 12.1 Å². The van der Waals surface area contributed by atoms with Gasteiger partial charge >= 0.3 is 0 Å². The molecule has 0 N–H and O–H groups in total. The molecule has 0 aliphatic rings. The highest BCUT2D eigenvalue weighted by molar-refractivity contribution is 8.16. The van der Waals surface area contributed by atoms with Crippen molar-refractivity contribution in [3.8, 4) is 0 Å². The summed E-state index contributed by atoms with van der Waals surface area (Å²) in [6, 6.07) is 4.09. The molecule has 1 aromatic rings. The Balaban J connectivity index is 2.77. The molecule has 0 aromatic heterocycles. The lowest BCUT2D eigenvalue weighted by molar-refractivity contribution is 0.507. The van der Waals surface area contributed by atoms with Crippen LogP contribution in [0.4, 0.5) is 8.78 Å². The molecule has 0 bridgehead atoms. The second-order valence-electron chi connectivity index (χ2n) is 2.81. The zero-order valence-corrected chi connectivity index (χ0v) is 9.31. The minimum absolute atomic E-state index is 0.242. The van der Waals surface area contributed by atoms with E-state index in [-0.39, 0.29) is 5.56 Å². The summed E-state index contributed by atoms with van der Waals surface area (Å²) in [5.41, 5.74) is 0.242. The maximum Gasteiger partial charge on any atom is 0.166 e. The zero-order valence-electron chi connectivity index (χ0n) is 8.50. The van der Waals surface area contributed by atoms with Gasteiger partial charge in [0.25, 0.3) is 0 Å². The molecule has 0 radical (unpaired) electrons. The molecular formula is C11H11F2NS. The van der Waals surface area contributed by atoms with Crippen molar-refractivity contribution in [1.82, 2.24) is 0 Å². The van der Waals surface area contributed by atoms with Crippen molar-refractivity contribution < 1.29 is 8.78 Å². The normalized spacial score (nSPS) is 12.4. The molecule has 80 valence electrons. The summed E-state index contributed by atoms with van der Waals surface area (Å²) in [7, 11) is 1.68. The summed E-state index contributed by atoms with van der Waals surface area (Å²) in [5.74, 6) is -1.65. The molecule has 1 nitrogen and oxygen atoms in total. The minimum atomic E-state index is -0.831. The first kappa shape index (κ1) is 11.9. The van der Waals surface area contributed by atoms with Gasteiger partial charge in [-0.05, 0) is 24.5 Å². The number of hydrogen-bond donors (Lipinski definition) is 0. The number of benzene rings is 1. The Bertz CT molecular complexity index is 400. The van der Waals surface area contributed by atoms with E-state index >= 15 is 0 Å². The van der Waals surface area contributed by atoms with Crippen LogP contribution in [0.5, 0.6) is 0 Å². The van der Waals surface area contributed by atoms with Crippen molar-refractivity contribution in [2.45, 2.75) is 6.92 Å². The first-order valence-electron chi connectivity index (χ1n) is 4.35. The first-order chi connectivity index (χ1) is 7.15. The highest BCUT2D eigenvalue weighted by Crippen LogP contribution is 2.15. The van der Waals surface area contributed by atoms with Crippen molar-refractivity contribution in [2.75, 3.05) is 7.05 Å². The van der Waals surface area contributed by atoms with Crippen molar-refractivity contribution >= 4 is 22.9 Å². The van der Waals surface area contributed by atoms with Gasteiger partial charge in [-0.1, -0.05) is 23.9 Å². The van der Waals surface area contributed by atoms with E-state index in [2.05, 4.69) is 4.99 Å². The predicted molar refractivity (Wildman–Crippen MR) is 62.0 cm³/mol. The van der Waals surface area contributed by atoms with Crippen molar-refractivity contribution in [3.63, 3.8) is 0 Å². The molecule has 15 heavy (non-hydrogen) atoms. The quantitative estimate of drug-likeness (QED) is 0.554. The molecule has 0 heterocycles. The summed E-state index contributed by atoms with van der Waals surface area (Å²) in [5, 5.41) is 2.54. The van der Waals surface area contributed by atoms with E-state index in [1.54, 1.807) is 12.5 Å². The Morgan fingerprint density at radius 3 is 2.80 bits per heavy atom. The fourth-order valence-corrected chi connectivity index (χ4v) is 1.42. The molecule has 1 aromatic carbocycles. The summed E-state index contributed by atoms with van der Waals surface area (Å²) in [6.07, 6.45) is 1.53. The van der Waals surface area contributed by atoms with Crippen LogP contribution in [0.2, 0.25) is 0 Å². The predicted octanol–water partition coefficient (Wildman–Crippen LogP) is 3.72. The third-order valence-corrected chi connectivity index (χ3v) is 2.58. The van der Waals surface area contributed by atoms with Crippen LogP contribution in [-0.2, 0) is 0 Å². The van der Waals surface area contributed by atoms with Crippen LogP contribution >= 0.6 is 11.8 Å². The highest BCUT2D eigenvalue weighted by Gasteiger charge is 2.03. The second-order valence-corrected chi connectivity index (χ2v) is 3.90. The number of nitrogens with zero attached hydrogens (tertiary/aromatic N) is 1. The third-order valence-electron chi connectivity index (χ3n) is 1.78. The molecule has 4 heteroatoms. The molecule has 1 rings (SSSR count). The van der Waals surface area contributed by atoms with Gasteiger partial charge in [-0.25, -0.2) is 8.78 Å². The van der Waals surface area contributed by atoms with Gasteiger partial charge in [-0.2, -0.15) is 0 Å². The molecule has 0 saturated carbocycles. The Morgan fingerprint density at radius 1 is 1.40 bits per heavy atom. The van der Waals surface area contributed by atoms with Gasteiger partial charge in [0.15, 0.2) is 11.6 Å². The summed E-state index contributed by atoms with van der Waals surface area (Å²) in [6.45, 7) is 1.84. The van der Waals surface area contributed by atoms with E-state index in [1.165, 1.54) is 30.0 Å². The van der Waals surface area contributed by atoms with Crippen LogP contribution in [0, 0.1) is 11.6 Å². The van der Waals surface area contributed by atoms with E-state index < -0.39 is 11.6 Å². The van der Waals surface area contributed by atoms with E-state index in [4.69, 9.17) is 0 Å². The lowest BCUT2D eigenvalue weighted by Gasteiger charge is -1.97. The van der Waals surface area contributed by atoms with Gasteiger partial charge in [0.05, 0.1) is 5.04 Å². The fourth-order valence-electron chi connectivity index (χ4n) is 0.908. The van der Waals surface area contributed by atoms with E-state index in [1.807, 2.05) is 6.92 Å². The number of halogens is 2. The highest BCUT2D eigenvalue weighted by atomic mass is 32.2. The Morgan fingerprint density at radius 2 is 2.13 bits per heavy atom. The molecule has 0 amide bonds. The van der Waals surface area contributed by atoms with Gasteiger partial charge in [0.1, 0.15) is 0 Å². The average Bonchev–Trinajstić information content (AvgIpc) is 2.24. The Kier molecular flexibility index (Phi) is 4.49. The SMILES string of the molecule is CN=C(C)S/C=C/c1cccc(F)c1F. The average molecular weight is 227 g/mol. The van der Waals surface area contributed by atoms with Gasteiger partial charge in [-0.15, -0.1) is 0 Å². The molecular weight excluding hydrogens is 216 g/mol. The first-order valence-corrected chi connectivity index (χ1v) is 5.23. The summed E-state index contributed by atoms with van der Waals surface area (Å²) < 4.78 is 25.9. The molecule has 0 unspecified atom stereocenters. The number of rotatable bonds is 2. The largest absolute Gasteiger partial charge is 0.286 e. The monoisotopic (exact) mass is 227 g/mol. The zero-order chi connectivity index (χ0) is 11.3. The van der Waals surface area contributed by atoms with E-state index in [9.17, 15) is 8.78 Å². The van der Waals surface area contributed by atoms with E-state index in [0.717, 1.165) is 11.1 Å². The van der Waals surface area contributed by atoms with Gasteiger partial charge in [-0.3, -0.25) is 4.99 Å². The topological polar surface area (TPSA) is 12.4 Å². The van der Waals surface area contributed by atoms with Crippen LogP contribution in [0.25, 0.3) is 6.08 Å². The maximum atomic E-state index is 13.1. The molecule has 0 aliphatic carbocycles. The maximum absolute atomic E-state index is 13.1. The Hall–Kier alpha value is -1.16. The van der Waals surface area contributed by atoms with Crippen LogP contribution in [0.15, 0.2) is 28.6 Å². The molecule has 0 atom stereocenters. The lowest BCUT2D eigenvalue weighted by atomic mass is 10.2. The van der Waals surface area contributed by atoms with Gasteiger partial charge in [0, 0.05) is 12.6 Å². The van der Waals surface area contributed by atoms with Crippen molar-refractivity contribution in [3.05, 3.63) is 40.8 Å². The Labute approximate surface area is 91.9 Å². The molecule has 0 saturated heterocycles. The number of thioether (sulfide) groups is 1. The molecule has 0 aliphatic heterocycles. The van der Waals surface area contributed by atoms with Crippen molar-refractivity contribution in [2.24, 2.45) is 4.99 Å². The van der Waals surface area contributed by atoms with Crippen LogP contribution < -0.4 is 0 Å². The van der Waals surface area contributed by atoms with Crippen LogP contribution in [0.1, 0.15) is 12.5 Å². The van der Waals surface area contributed by atoms with Gasteiger partial charge < -0.3 is 0 Å². The summed E-state index contributed by atoms with van der Waals surface area (Å²) >= 11 is 1.37. The van der Waals surface area contributed by atoms with Gasteiger partial charge in [0.2, 0.25) is 0 Å². The second kappa shape index (κ2) is 5.66. The van der Waals surface area contributed by atoms with Crippen LogP contribution in [0.3, 0.4) is 0 Å². The third kappa shape index (κ3) is 3.47. The smallest absolute Gasteiger partial charge is 0.166 e. The summed E-state index contributed by atoms with van der Waals surface area (Å²) in [4.78, 5) is 3.92. The number of hydrogen-bond acceptors (Lipinski definition) is 2. The van der Waals surface area contributed by atoms with E-state index in [0.29, 0.717) is 0 Å². The molecule has 0 fully saturated rings. The lowest BCUT2D eigenvalue weighted by Crippen LogP contribution is -1.86. The van der Waals surface area contributed by atoms with Crippen molar-refractivity contribution in [1.29, 1.82) is 0 Å².